The molecule has 3 N–H and O–H groups in total. The molecule has 3 nitrogen and oxygen atoms in total. The minimum Gasteiger partial charge on any atom is -0.356 e. The molecule has 0 bridgehead atoms. The van der Waals surface area contributed by atoms with Crippen LogP contribution in [0.3, 0.4) is 0 Å². The second-order valence-electron chi connectivity index (χ2n) is 4.29. The molecule has 0 saturated carbocycles. The van der Waals surface area contributed by atoms with Crippen LogP contribution in [0.4, 0.5) is 0 Å². The van der Waals surface area contributed by atoms with Crippen LogP contribution < -0.4 is 11.1 Å². The van der Waals surface area contributed by atoms with Crippen molar-refractivity contribution in [2.45, 2.75) is 32.6 Å². The molecule has 0 aliphatic heterocycles. The summed E-state index contributed by atoms with van der Waals surface area (Å²) in [7, 11) is 0. The van der Waals surface area contributed by atoms with Crippen molar-refractivity contribution in [1.82, 2.24) is 5.32 Å². The van der Waals surface area contributed by atoms with Gasteiger partial charge in [0, 0.05) is 6.54 Å². The lowest BCUT2D eigenvalue weighted by Gasteiger charge is -2.16. The summed E-state index contributed by atoms with van der Waals surface area (Å²) in [5.41, 5.74) is 7.80. The first-order chi connectivity index (χ1) is 8.19. The Morgan fingerprint density at radius 3 is 2.82 bits per heavy atom. The SMILES string of the molecule is CCNC(=O)C(CCCN)c1cccc(C)c1. The quantitative estimate of drug-likeness (QED) is 0.790. The van der Waals surface area contributed by atoms with Crippen molar-refractivity contribution in [2.24, 2.45) is 5.73 Å². The molecule has 0 radical (unpaired) electrons. The first-order valence-corrected chi connectivity index (χ1v) is 6.23. The number of carbonyl (C=O) groups is 1. The zero-order valence-electron chi connectivity index (χ0n) is 10.7. The maximum Gasteiger partial charge on any atom is 0.227 e. The number of rotatable bonds is 6. The first-order valence-electron chi connectivity index (χ1n) is 6.23. The van der Waals surface area contributed by atoms with Gasteiger partial charge >= 0.3 is 0 Å². The minimum atomic E-state index is -0.0709. The van der Waals surface area contributed by atoms with Gasteiger partial charge in [-0.2, -0.15) is 0 Å². The van der Waals surface area contributed by atoms with Gasteiger partial charge in [0.2, 0.25) is 5.91 Å². The highest BCUT2D eigenvalue weighted by atomic mass is 16.1. The molecule has 0 fully saturated rings. The molecule has 94 valence electrons. The van der Waals surface area contributed by atoms with Crippen molar-refractivity contribution in [3.05, 3.63) is 35.4 Å². The molecule has 0 saturated heterocycles. The number of nitrogens with two attached hydrogens (primary N) is 1. The highest BCUT2D eigenvalue weighted by Crippen LogP contribution is 2.22. The van der Waals surface area contributed by atoms with E-state index in [1.54, 1.807) is 0 Å². The third-order valence-corrected chi connectivity index (χ3v) is 2.81. The molecule has 1 unspecified atom stereocenters. The van der Waals surface area contributed by atoms with E-state index in [1.165, 1.54) is 5.56 Å². The lowest BCUT2D eigenvalue weighted by Crippen LogP contribution is -2.29. The third kappa shape index (κ3) is 4.19. The molecule has 1 rings (SSSR count). The Kier molecular flexibility index (Phi) is 5.70. The smallest absolute Gasteiger partial charge is 0.227 e. The van der Waals surface area contributed by atoms with E-state index in [4.69, 9.17) is 5.73 Å². The second kappa shape index (κ2) is 7.07. The van der Waals surface area contributed by atoms with E-state index in [2.05, 4.69) is 11.4 Å². The molecule has 3 heteroatoms. The lowest BCUT2D eigenvalue weighted by atomic mass is 9.92. The molecule has 17 heavy (non-hydrogen) atoms. The number of aryl methyl sites for hydroxylation is 1. The summed E-state index contributed by atoms with van der Waals surface area (Å²) in [5, 5.41) is 2.89. The van der Waals surface area contributed by atoms with Crippen LogP contribution in [0.2, 0.25) is 0 Å². The van der Waals surface area contributed by atoms with Crippen LogP contribution in [0.5, 0.6) is 0 Å². The van der Waals surface area contributed by atoms with Crippen LogP contribution >= 0.6 is 0 Å². The van der Waals surface area contributed by atoms with Crippen molar-refractivity contribution >= 4 is 5.91 Å². The first kappa shape index (κ1) is 13.7. The highest BCUT2D eigenvalue weighted by molar-refractivity contribution is 5.83. The molecule has 1 aromatic carbocycles. The fourth-order valence-corrected chi connectivity index (χ4v) is 1.96. The van der Waals surface area contributed by atoms with E-state index in [0.29, 0.717) is 13.1 Å². The van der Waals surface area contributed by atoms with Crippen molar-refractivity contribution in [3.63, 3.8) is 0 Å². The predicted octanol–water partition coefficient (Wildman–Crippen LogP) is 1.95. The summed E-state index contributed by atoms with van der Waals surface area (Å²) in [6.45, 7) is 5.28. The minimum absolute atomic E-state index is 0.0709. The second-order valence-corrected chi connectivity index (χ2v) is 4.29. The molecule has 0 aromatic heterocycles. The monoisotopic (exact) mass is 234 g/mol. The van der Waals surface area contributed by atoms with Gasteiger partial charge < -0.3 is 11.1 Å². The largest absolute Gasteiger partial charge is 0.356 e. The Morgan fingerprint density at radius 1 is 1.47 bits per heavy atom. The molecular formula is C14H22N2O. The van der Waals surface area contributed by atoms with Crippen molar-refractivity contribution in [2.75, 3.05) is 13.1 Å². The number of likely N-dealkylation sites (N-methyl/N-ethyl adjacent to an activating group) is 1. The Bertz CT molecular complexity index is 363. The Morgan fingerprint density at radius 2 is 2.24 bits per heavy atom. The Balaban J connectivity index is 2.85. The molecule has 0 heterocycles. The van der Waals surface area contributed by atoms with Gasteiger partial charge in [-0.1, -0.05) is 29.8 Å². The number of benzene rings is 1. The fraction of sp³-hybridized carbons (Fsp3) is 0.500. The van der Waals surface area contributed by atoms with E-state index in [1.807, 2.05) is 32.0 Å². The predicted molar refractivity (Wildman–Crippen MR) is 70.9 cm³/mol. The zero-order chi connectivity index (χ0) is 12.7. The van der Waals surface area contributed by atoms with Crippen LogP contribution in [0, 0.1) is 6.92 Å². The number of carbonyl (C=O) groups excluding carboxylic acids is 1. The van der Waals surface area contributed by atoms with Gasteiger partial charge in [0.1, 0.15) is 0 Å². The summed E-state index contributed by atoms with van der Waals surface area (Å²) < 4.78 is 0. The standard InChI is InChI=1S/C14H22N2O/c1-3-16-14(17)13(8-5-9-15)12-7-4-6-11(2)10-12/h4,6-7,10,13H,3,5,8-9,15H2,1-2H3,(H,16,17). The average Bonchev–Trinajstić information content (AvgIpc) is 2.30. The molecule has 0 spiro atoms. The van der Waals surface area contributed by atoms with Crippen molar-refractivity contribution in [3.8, 4) is 0 Å². The van der Waals surface area contributed by atoms with Gasteiger partial charge in [0.15, 0.2) is 0 Å². The topological polar surface area (TPSA) is 55.1 Å². The summed E-state index contributed by atoms with van der Waals surface area (Å²) >= 11 is 0. The number of hydrogen-bond donors (Lipinski definition) is 2. The summed E-state index contributed by atoms with van der Waals surface area (Å²) in [4.78, 5) is 12.0. The summed E-state index contributed by atoms with van der Waals surface area (Å²) in [5.74, 6) is 0.0324. The number of nitrogens with one attached hydrogen (secondary N) is 1. The molecule has 1 atom stereocenters. The molecule has 1 aromatic rings. The van der Waals surface area contributed by atoms with Gasteiger partial charge in [0.05, 0.1) is 5.92 Å². The number of amides is 1. The van der Waals surface area contributed by atoms with E-state index in [0.717, 1.165) is 18.4 Å². The van der Waals surface area contributed by atoms with Crippen LogP contribution in [0.1, 0.15) is 36.8 Å². The van der Waals surface area contributed by atoms with E-state index < -0.39 is 0 Å². The normalized spacial score (nSPS) is 12.2. The zero-order valence-corrected chi connectivity index (χ0v) is 10.7. The molecule has 1 amide bonds. The van der Waals surface area contributed by atoms with Crippen LogP contribution in [-0.2, 0) is 4.79 Å². The molecule has 0 aliphatic rings. The van der Waals surface area contributed by atoms with Crippen LogP contribution in [0.15, 0.2) is 24.3 Å². The maximum absolute atomic E-state index is 12.0. The lowest BCUT2D eigenvalue weighted by molar-refractivity contribution is -0.122. The maximum atomic E-state index is 12.0. The Labute approximate surface area is 103 Å². The van der Waals surface area contributed by atoms with Gasteiger partial charge in [-0.25, -0.2) is 0 Å². The third-order valence-electron chi connectivity index (χ3n) is 2.81. The molecule has 0 aliphatic carbocycles. The Hall–Kier alpha value is -1.35. The average molecular weight is 234 g/mol. The van der Waals surface area contributed by atoms with Crippen LogP contribution in [0.25, 0.3) is 0 Å². The molecular weight excluding hydrogens is 212 g/mol. The van der Waals surface area contributed by atoms with Gasteiger partial charge in [-0.15, -0.1) is 0 Å². The van der Waals surface area contributed by atoms with E-state index >= 15 is 0 Å². The van der Waals surface area contributed by atoms with Crippen molar-refractivity contribution in [1.29, 1.82) is 0 Å². The van der Waals surface area contributed by atoms with Crippen molar-refractivity contribution < 1.29 is 4.79 Å². The highest BCUT2D eigenvalue weighted by Gasteiger charge is 2.19. The van der Waals surface area contributed by atoms with Crippen LogP contribution in [-0.4, -0.2) is 19.0 Å². The summed E-state index contributed by atoms with van der Waals surface area (Å²) in [6, 6.07) is 8.14. The fourth-order valence-electron chi connectivity index (χ4n) is 1.96. The van der Waals surface area contributed by atoms with Gasteiger partial charge in [-0.3, -0.25) is 4.79 Å². The van der Waals surface area contributed by atoms with Gasteiger partial charge in [-0.05, 0) is 38.8 Å². The summed E-state index contributed by atoms with van der Waals surface area (Å²) in [6.07, 6.45) is 1.68. The van der Waals surface area contributed by atoms with Gasteiger partial charge in [0.25, 0.3) is 0 Å². The van der Waals surface area contributed by atoms with E-state index in [-0.39, 0.29) is 11.8 Å². The number of hydrogen-bond acceptors (Lipinski definition) is 2. The van der Waals surface area contributed by atoms with E-state index in [9.17, 15) is 4.79 Å².